The molecule has 0 aliphatic heterocycles. The van der Waals surface area contributed by atoms with E-state index in [-0.39, 0.29) is 23.1 Å². The number of rotatable bonds is 3. The highest BCUT2D eigenvalue weighted by atomic mass is 32.1. The van der Waals surface area contributed by atoms with E-state index in [1.807, 2.05) is 48.1 Å². The molecule has 21 heavy (non-hydrogen) atoms. The van der Waals surface area contributed by atoms with Crippen molar-refractivity contribution in [2.75, 3.05) is 0 Å². The first kappa shape index (κ1) is 16.0. The molecule has 4 heteroatoms. The van der Waals surface area contributed by atoms with Crippen molar-refractivity contribution >= 4 is 11.3 Å². The normalized spacial score (nSPS) is 13.7. The van der Waals surface area contributed by atoms with E-state index in [1.165, 1.54) is 0 Å². The van der Waals surface area contributed by atoms with Gasteiger partial charge < -0.3 is 10.3 Å². The van der Waals surface area contributed by atoms with Gasteiger partial charge in [-0.3, -0.25) is 4.79 Å². The van der Waals surface area contributed by atoms with Crippen LogP contribution in [0.15, 0.2) is 34.4 Å². The van der Waals surface area contributed by atoms with E-state index < -0.39 is 0 Å². The summed E-state index contributed by atoms with van der Waals surface area (Å²) < 4.78 is 1.88. The van der Waals surface area contributed by atoms with Gasteiger partial charge >= 0.3 is 0 Å². The maximum absolute atomic E-state index is 12.9. The molecule has 114 valence electrons. The van der Waals surface area contributed by atoms with Crippen molar-refractivity contribution in [3.05, 3.63) is 56.1 Å². The van der Waals surface area contributed by atoms with Crippen LogP contribution in [0.1, 0.15) is 62.8 Å². The second kappa shape index (κ2) is 5.78. The first-order chi connectivity index (χ1) is 9.73. The monoisotopic (exact) mass is 304 g/mol. The van der Waals surface area contributed by atoms with Crippen LogP contribution in [0, 0.1) is 0 Å². The lowest BCUT2D eigenvalue weighted by molar-refractivity contribution is 0.463. The summed E-state index contributed by atoms with van der Waals surface area (Å²) in [5.41, 5.74) is 7.95. The van der Waals surface area contributed by atoms with Gasteiger partial charge in [-0.2, -0.15) is 0 Å². The molecule has 0 aliphatic carbocycles. The Balaban J connectivity index is 2.62. The minimum Gasteiger partial charge on any atom is -0.319 e. The highest BCUT2D eigenvalue weighted by Gasteiger charge is 2.23. The number of aromatic nitrogens is 1. The Hall–Kier alpha value is -1.39. The lowest BCUT2D eigenvalue weighted by atomic mass is 9.90. The molecule has 0 saturated heterocycles. The Labute approximate surface area is 130 Å². The SMILES string of the molecule is CC(C)n1c(C(C)(C)C)ccc(C(N)c2cccs2)c1=O. The van der Waals surface area contributed by atoms with Gasteiger partial charge in [0.2, 0.25) is 0 Å². The molecule has 0 fully saturated rings. The number of hydrogen-bond donors (Lipinski definition) is 1. The molecule has 0 saturated carbocycles. The first-order valence-electron chi connectivity index (χ1n) is 7.28. The minimum absolute atomic E-state index is 0.0262. The molecular weight excluding hydrogens is 280 g/mol. The predicted molar refractivity (Wildman–Crippen MR) is 90.1 cm³/mol. The van der Waals surface area contributed by atoms with Gasteiger partial charge in [-0.15, -0.1) is 11.3 Å². The van der Waals surface area contributed by atoms with Crippen LogP contribution in [0.25, 0.3) is 0 Å². The van der Waals surface area contributed by atoms with Gasteiger partial charge in [0, 0.05) is 27.6 Å². The average Bonchev–Trinajstić information content (AvgIpc) is 2.89. The summed E-state index contributed by atoms with van der Waals surface area (Å²) in [5.74, 6) is 0. The van der Waals surface area contributed by atoms with Crippen molar-refractivity contribution in [1.82, 2.24) is 4.57 Å². The predicted octanol–water partition coefficient (Wildman–Crippen LogP) is 3.84. The van der Waals surface area contributed by atoms with Crippen LogP contribution in [0.3, 0.4) is 0 Å². The Bertz CT molecular complexity index is 663. The van der Waals surface area contributed by atoms with E-state index in [4.69, 9.17) is 5.73 Å². The maximum atomic E-state index is 12.9. The second-order valence-electron chi connectivity index (χ2n) is 6.69. The van der Waals surface area contributed by atoms with Gasteiger partial charge in [0.15, 0.2) is 0 Å². The largest absolute Gasteiger partial charge is 0.319 e. The minimum atomic E-state index is -0.350. The van der Waals surface area contributed by atoms with E-state index in [1.54, 1.807) is 11.3 Å². The van der Waals surface area contributed by atoms with E-state index in [2.05, 4.69) is 20.8 Å². The van der Waals surface area contributed by atoms with Gasteiger partial charge in [0.05, 0.1) is 6.04 Å². The Kier molecular flexibility index (Phi) is 4.40. The summed E-state index contributed by atoms with van der Waals surface area (Å²) >= 11 is 1.59. The fourth-order valence-corrected chi connectivity index (χ4v) is 3.30. The van der Waals surface area contributed by atoms with Crippen LogP contribution in [0.2, 0.25) is 0 Å². The molecule has 1 unspecified atom stereocenters. The van der Waals surface area contributed by atoms with Crippen LogP contribution < -0.4 is 11.3 Å². The topological polar surface area (TPSA) is 48.0 Å². The van der Waals surface area contributed by atoms with E-state index >= 15 is 0 Å². The molecule has 0 aliphatic rings. The Morgan fingerprint density at radius 3 is 2.33 bits per heavy atom. The molecule has 2 rings (SSSR count). The van der Waals surface area contributed by atoms with E-state index in [0.717, 1.165) is 10.6 Å². The number of pyridine rings is 1. The summed E-state index contributed by atoms with van der Waals surface area (Å²) in [7, 11) is 0. The molecule has 0 spiro atoms. The van der Waals surface area contributed by atoms with Crippen LogP contribution in [-0.2, 0) is 5.41 Å². The Morgan fingerprint density at radius 2 is 1.86 bits per heavy atom. The molecule has 0 aromatic carbocycles. The average molecular weight is 304 g/mol. The van der Waals surface area contributed by atoms with Crippen molar-refractivity contribution in [2.24, 2.45) is 5.73 Å². The van der Waals surface area contributed by atoms with Gasteiger partial charge in [-0.25, -0.2) is 0 Å². The molecule has 2 aromatic rings. The molecule has 0 radical (unpaired) electrons. The third kappa shape index (κ3) is 3.11. The standard InChI is InChI=1S/C17H24N2OS/c1-11(2)19-14(17(3,4)5)9-8-12(16(19)20)15(18)13-7-6-10-21-13/h6-11,15H,18H2,1-5H3. The van der Waals surface area contributed by atoms with Crippen molar-refractivity contribution in [3.8, 4) is 0 Å². The van der Waals surface area contributed by atoms with Crippen molar-refractivity contribution in [1.29, 1.82) is 0 Å². The van der Waals surface area contributed by atoms with Gasteiger partial charge in [0.25, 0.3) is 5.56 Å². The lowest BCUT2D eigenvalue weighted by Crippen LogP contribution is -2.35. The van der Waals surface area contributed by atoms with Gasteiger partial charge in [-0.05, 0) is 37.4 Å². The highest BCUT2D eigenvalue weighted by Crippen LogP contribution is 2.26. The van der Waals surface area contributed by atoms with Crippen molar-refractivity contribution in [3.63, 3.8) is 0 Å². The Morgan fingerprint density at radius 1 is 1.19 bits per heavy atom. The van der Waals surface area contributed by atoms with Crippen molar-refractivity contribution < 1.29 is 0 Å². The molecule has 0 amide bonds. The van der Waals surface area contributed by atoms with Crippen LogP contribution in [0.4, 0.5) is 0 Å². The number of nitrogens with two attached hydrogens (primary N) is 1. The molecule has 2 heterocycles. The van der Waals surface area contributed by atoms with Crippen molar-refractivity contribution in [2.45, 2.75) is 52.1 Å². The molecule has 2 aromatic heterocycles. The van der Waals surface area contributed by atoms with E-state index in [9.17, 15) is 4.79 Å². The third-order valence-electron chi connectivity index (χ3n) is 3.62. The summed E-state index contributed by atoms with van der Waals surface area (Å²) in [6.45, 7) is 10.5. The number of hydrogen-bond acceptors (Lipinski definition) is 3. The summed E-state index contributed by atoms with van der Waals surface area (Å²) in [4.78, 5) is 13.9. The summed E-state index contributed by atoms with van der Waals surface area (Å²) in [6, 6.07) is 7.64. The quantitative estimate of drug-likeness (QED) is 0.936. The molecule has 2 N–H and O–H groups in total. The fourth-order valence-electron chi connectivity index (χ4n) is 2.55. The molecular formula is C17H24N2OS. The summed E-state index contributed by atoms with van der Waals surface area (Å²) in [6.07, 6.45) is 0. The van der Waals surface area contributed by atoms with E-state index in [0.29, 0.717) is 5.56 Å². The highest BCUT2D eigenvalue weighted by molar-refractivity contribution is 7.10. The fraction of sp³-hybridized carbons (Fsp3) is 0.471. The zero-order valence-electron chi connectivity index (χ0n) is 13.4. The third-order valence-corrected chi connectivity index (χ3v) is 4.57. The first-order valence-corrected chi connectivity index (χ1v) is 8.16. The maximum Gasteiger partial charge on any atom is 0.256 e. The van der Waals surface area contributed by atoms with Gasteiger partial charge in [-0.1, -0.05) is 26.8 Å². The number of thiophene rings is 1. The zero-order chi connectivity index (χ0) is 15.8. The molecule has 0 bridgehead atoms. The van der Waals surface area contributed by atoms with Crippen LogP contribution in [0.5, 0.6) is 0 Å². The van der Waals surface area contributed by atoms with Crippen LogP contribution in [-0.4, -0.2) is 4.57 Å². The number of nitrogens with zero attached hydrogens (tertiary/aromatic N) is 1. The smallest absolute Gasteiger partial charge is 0.256 e. The lowest BCUT2D eigenvalue weighted by Gasteiger charge is -2.27. The zero-order valence-corrected chi connectivity index (χ0v) is 14.2. The second-order valence-corrected chi connectivity index (χ2v) is 7.67. The van der Waals surface area contributed by atoms with Gasteiger partial charge in [0.1, 0.15) is 0 Å². The summed E-state index contributed by atoms with van der Waals surface area (Å²) in [5, 5.41) is 1.99. The molecule has 1 atom stereocenters. The molecule has 3 nitrogen and oxygen atoms in total. The van der Waals surface area contributed by atoms with Crippen LogP contribution >= 0.6 is 11.3 Å².